The van der Waals surface area contributed by atoms with E-state index >= 15 is 0 Å². The van der Waals surface area contributed by atoms with E-state index in [1.165, 1.54) is 90.1 Å². The highest BCUT2D eigenvalue weighted by molar-refractivity contribution is 5.48. The van der Waals surface area contributed by atoms with Crippen LogP contribution in [-0.2, 0) is 4.79 Å². The van der Waals surface area contributed by atoms with Gasteiger partial charge in [0, 0.05) is 6.42 Å². The van der Waals surface area contributed by atoms with E-state index in [1.807, 2.05) is 0 Å². The number of aldehydes is 1. The van der Waals surface area contributed by atoms with Crippen molar-refractivity contribution in [2.75, 3.05) is 19.6 Å². The van der Waals surface area contributed by atoms with Gasteiger partial charge in [0.2, 0.25) is 0 Å². The Morgan fingerprint density at radius 2 is 1.25 bits per heavy atom. The first-order valence-electron chi connectivity index (χ1n) is 10.9. The molecule has 0 aromatic rings. The van der Waals surface area contributed by atoms with Crippen LogP contribution in [0.1, 0.15) is 111 Å². The molecule has 0 aliphatic rings. The Kier molecular flexibility index (Phi) is 18.7. The van der Waals surface area contributed by atoms with Crippen molar-refractivity contribution in [1.29, 1.82) is 0 Å². The Bertz CT molecular complexity index is 248. The Hall–Kier alpha value is -0.370. The second kappa shape index (κ2) is 19.0. The molecule has 0 saturated carbocycles. The maximum Gasteiger partial charge on any atom is 0.120 e. The molecule has 0 aliphatic carbocycles. The molecular weight excluding hydrogens is 294 g/mol. The summed E-state index contributed by atoms with van der Waals surface area (Å²) in [5.74, 6) is 0.905. The van der Waals surface area contributed by atoms with Gasteiger partial charge in [0.25, 0.3) is 0 Å². The third-order valence-corrected chi connectivity index (χ3v) is 5.12. The van der Waals surface area contributed by atoms with Gasteiger partial charge in [-0.2, -0.15) is 0 Å². The second-order valence-electron chi connectivity index (χ2n) is 7.50. The van der Waals surface area contributed by atoms with Gasteiger partial charge < -0.3 is 9.69 Å². The SMILES string of the molecule is CCCCCCCCCN(CCCC=O)CCC(CCC)CCC. The molecule has 0 unspecified atom stereocenters. The predicted molar refractivity (Wildman–Crippen MR) is 108 cm³/mol. The van der Waals surface area contributed by atoms with Gasteiger partial charge in [-0.05, 0) is 44.8 Å². The average molecular weight is 340 g/mol. The third-order valence-electron chi connectivity index (χ3n) is 5.12. The number of hydrogen-bond acceptors (Lipinski definition) is 2. The van der Waals surface area contributed by atoms with Crippen LogP contribution >= 0.6 is 0 Å². The average Bonchev–Trinajstić information content (AvgIpc) is 2.58. The van der Waals surface area contributed by atoms with Gasteiger partial charge in [-0.25, -0.2) is 0 Å². The zero-order valence-electron chi connectivity index (χ0n) is 17.0. The Morgan fingerprint density at radius 1 is 0.667 bits per heavy atom. The summed E-state index contributed by atoms with van der Waals surface area (Å²) in [5.41, 5.74) is 0. The number of rotatable bonds is 19. The van der Waals surface area contributed by atoms with Gasteiger partial charge in [0.05, 0.1) is 0 Å². The fourth-order valence-corrected chi connectivity index (χ4v) is 3.64. The van der Waals surface area contributed by atoms with Crippen molar-refractivity contribution < 1.29 is 4.79 Å². The largest absolute Gasteiger partial charge is 0.303 e. The predicted octanol–water partition coefficient (Wildman–Crippen LogP) is 6.62. The Morgan fingerprint density at radius 3 is 1.83 bits per heavy atom. The number of nitrogens with zero attached hydrogens (tertiary/aromatic N) is 1. The topological polar surface area (TPSA) is 20.3 Å². The number of unbranched alkanes of at least 4 members (excludes halogenated alkanes) is 7. The molecule has 0 spiro atoms. The molecule has 0 bridgehead atoms. The molecule has 0 radical (unpaired) electrons. The molecule has 24 heavy (non-hydrogen) atoms. The van der Waals surface area contributed by atoms with Crippen LogP contribution < -0.4 is 0 Å². The molecule has 0 aliphatic heterocycles. The van der Waals surface area contributed by atoms with E-state index in [0.717, 1.165) is 31.6 Å². The second-order valence-corrected chi connectivity index (χ2v) is 7.50. The Balaban J connectivity index is 4.00. The van der Waals surface area contributed by atoms with Crippen LogP contribution in [0.2, 0.25) is 0 Å². The molecule has 0 N–H and O–H groups in total. The Labute approximate surface area is 152 Å². The zero-order chi connectivity index (χ0) is 17.9. The minimum Gasteiger partial charge on any atom is -0.303 e. The van der Waals surface area contributed by atoms with Gasteiger partial charge in [-0.15, -0.1) is 0 Å². The minimum atomic E-state index is 0.723. The molecule has 0 heterocycles. The quantitative estimate of drug-likeness (QED) is 0.194. The van der Waals surface area contributed by atoms with Crippen LogP contribution in [0, 0.1) is 5.92 Å². The molecule has 0 fully saturated rings. The summed E-state index contributed by atoms with van der Waals surface area (Å²) in [4.78, 5) is 13.2. The molecule has 0 amide bonds. The van der Waals surface area contributed by atoms with Crippen molar-refractivity contribution in [3.05, 3.63) is 0 Å². The maximum absolute atomic E-state index is 10.6. The normalized spacial score (nSPS) is 11.5. The van der Waals surface area contributed by atoms with E-state index in [-0.39, 0.29) is 0 Å². The fraction of sp³-hybridized carbons (Fsp3) is 0.955. The smallest absolute Gasteiger partial charge is 0.120 e. The monoisotopic (exact) mass is 339 g/mol. The summed E-state index contributed by atoms with van der Waals surface area (Å²) in [5, 5.41) is 0. The van der Waals surface area contributed by atoms with E-state index in [0.29, 0.717) is 0 Å². The first-order chi connectivity index (χ1) is 11.8. The number of carbonyl (C=O) groups excluding carboxylic acids is 1. The van der Waals surface area contributed by atoms with E-state index in [9.17, 15) is 4.79 Å². The highest BCUT2D eigenvalue weighted by Crippen LogP contribution is 2.18. The van der Waals surface area contributed by atoms with Crippen molar-refractivity contribution in [3.63, 3.8) is 0 Å². The van der Waals surface area contributed by atoms with E-state index in [1.54, 1.807) is 0 Å². The van der Waals surface area contributed by atoms with Crippen LogP contribution in [0.15, 0.2) is 0 Å². The van der Waals surface area contributed by atoms with E-state index in [2.05, 4.69) is 25.7 Å². The lowest BCUT2D eigenvalue weighted by Crippen LogP contribution is -2.28. The van der Waals surface area contributed by atoms with Crippen LogP contribution in [0.25, 0.3) is 0 Å². The molecule has 144 valence electrons. The summed E-state index contributed by atoms with van der Waals surface area (Å²) in [6.07, 6.45) is 19.2. The van der Waals surface area contributed by atoms with Crippen LogP contribution in [0.5, 0.6) is 0 Å². The van der Waals surface area contributed by atoms with Crippen LogP contribution in [-0.4, -0.2) is 30.8 Å². The molecule has 0 atom stereocenters. The third kappa shape index (κ3) is 15.2. The molecule has 2 nitrogen and oxygen atoms in total. The van der Waals surface area contributed by atoms with Crippen molar-refractivity contribution >= 4 is 6.29 Å². The number of hydrogen-bond donors (Lipinski definition) is 0. The maximum atomic E-state index is 10.6. The highest BCUT2D eigenvalue weighted by Gasteiger charge is 2.10. The van der Waals surface area contributed by atoms with Gasteiger partial charge in [-0.3, -0.25) is 0 Å². The number of carbonyl (C=O) groups is 1. The first-order valence-corrected chi connectivity index (χ1v) is 10.9. The van der Waals surface area contributed by atoms with E-state index < -0.39 is 0 Å². The zero-order valence-corrected chi connectivity index (χ0v) is 17.0. The molecule has 0 aromatic carbocycles. The van der Waals surface area contributed by atoms with Gasteiger partial charge in [-0.1, -0.05) is 85.0 Å². The van der Waals surface area contributed by atoms with Gasteiger partial charge >= 0.3 is 0 Å². The lowest BCUT2D eigenvalue weighted by Gasteiger charge is -2.25. The van der Waals surface area contributed by atoms with Crippen LogP contribution in [0.3, 0.4) is 0 Å². The highest BCUT2D eigenvalue weighted by atomic mass is 16.1. The molecule has 2 heteroatoms. The van der Waals surface area contributed by atoms with E-state index in [4.69, 9.17) is 0 Å². The molecule has 0 saturated heterocycles. The van der Waals surface area contributed by atoms with Gasteiger partial charge in [0.15, 0.2) is 0 Å². The van der Waals surface area contributed by atoms with Crippen LogP contribution in [0.4, 0.5) is 0 Å². The molecular formula is C22H45NO. The lowest BCUT2D eigenvalue weighted by molar-refractivity contribution is -0.108. The van der Waals surface area contributed by atoms with Crippen molar-refractivity contribution in [1.82, 2.24) is 4.90 Å². The summed E-state index contributed by atoms with van der Waals surface area (Å²) in [6.45, 7) is 10.5. The summed E-state index contributed by atoms with van der Waals surface area (Å²) in [7, 11) is 0. The summed E-state index contributed by atoms with van der Waals surface area (Å²) < 4.78 is 0. The van der Waals surface area contributed by atoms with Crippen molar-refractivity contribution in [2.45, 2.75) is 111 Å². The first kappa shape index (κ1) is 23.6. The van der Waals surface area contributed by atoms with Gasteiger partial charge in [0.1, 0.15) is 6.29 Å². The molecule has 0 aromatic heterocycles. The lowest BCUT2D eigenvalue weighted by atomic mass is 9.94. The minimum absolute atomic E-state index is 0.723. The fourth-order valence-electron chi connectivity index (χ4n) is 3.64. The summed E-state index contributed by atoms with van der Waals surface area (Å²) in [6, 6.07) is 0. The molecule has 0 rings (SSSR count). The standard InChI is InChI=1S/C22H45NO/c1-4-7-8-9-10-11-12-18-23(19-13-14-21-24)20-17-22(15-5-2)16-6-3/h21-22H,4-20H2,1-3H3. The van der Waals surface area contributed by atoms with Crippen molar-refractivity contribution in [2.24, 2.45) is 5.92 Å². The van der Waals surface area contributed by atoms with Crippen molar-refractivity contribution in [3.8, 4) is 0 Å². The summed E-state index contributed by atoms with van der Waals surface area (Å²) >= 11 is 0.